The Hall–Kier alpha value is -1.84. The van der Waals surface area contributed by atoms with E-state index in [0.717, 1.165) is 31.3 Å². The van der Waals surface area contributed by atoms with Gasteiger partial charge in [0.1, 0.15) is 0 Å². The number of benzene rings is 1. The first-order valence-corrected chi connectivity index (χ1v) is 8.68. The predicted molar refractivity (Wildman–Crippen MR) is 100 cm³/mol. The predicted octanol–water partition coefficient (Wildman–Crippen LogP) is 5.03. The molecule has 1 amide bonds. The summed E-state index contributed by atoms with van der Waals surface area (Å²) in [4.78, 5) is 11.8. The summed E-state index contributed by atoms with van der Waals surface area (Å²) in [6.45, 7) is 1.96. The fraction of sp³-hybridized carbons (Fsp3) is 0.350. The van der Waals surface area contributed by atoms with Gasteiger partial charge in [0.15, 0.2) is 0 Å². The molecule has 0 aromatic heterocycles. The third-order valence-corrected chi connectivity index (χ3v) is 4.30. The smallest absolute Gasteiger partial charge is 0.248 e. The van der Waals surface area contributed by atoms with Crippen LogP contribution in [-0.4, -0.2) is 16.6 Å². The van der Waals surface area contributed by atoms with Crippen molar-refractivity contribution in [3.63, 3.8) is 0 Å². The van der Waals surface area contributed by atoms with Gasteiger partial charge in [0.05, 0.1) is 5.60 Å². The highest BCUT2D eigenvalue weighted by Crippen LogP contribution is 2.30. The van der Waals surface area contributed by atoms with E-state index in [2.05, 4.69) is 5.32 Å². The molecule has 1 aromatic rings. The Bertz CT molecular complexity index is 638. The lowest BCUT2D eigenvalue weighted by atomic mass is 9.83. The molecular weight excluding hydrogens is 322 g/mol. The topological polar surface area (TPSA) is 49.3 Å². The van der Waals surface area contributed by atoms with Gasteiger partial charge in [-0.05, 0) is 44.0 Å². The summed E-state index contributed by atoms with van der Waals surface area (Å²) < 4.78 is 0. The standard InChI is InChI=1S/C20H24ClNO2/c1-16(15-20(24)13-5-2-6-14-20)7-3-4-8-19(23)22-18-11-9-17(21)10-12-18/h3-4,7-12,15,24H,2,5-6,13-14H2,1H3,(H,22,23). The highest BCUT2D eigenvalue weighted by atomic mass is 35.5. The van der Waals surface area contributed by atoms with E-state index in [1.54, 1.807) is 36.4 Å². The van der Waals surface area contributed by atoms with Gasteiger partial charge in [-0.3, -0.25) is 4.79 Å². The monoisotopic (exact) mass is 345 g/mol. The molecule has 1 fully saturated rings. The molecule has 1 aromatic carbocycles. The molecule has 1 aliphatic rings. The molecule has 1 saturated carbocycles. The zero-order valence-corrected chi connectivity index (χ0v) is 14.7. The molecule has 0 radical (unpaired) electrons. The number of anilines is 1. The number of allylic oxidation sites excluding steroid dienone is 4. The van der Waals surface area contributed by atoms with Gasteiger partial charge in [-0.1, -0.05) is 60.7 Å². The van der Waals surface area contributed by atoms with Crippen LogP contribution in [0, 0.1) is 0 Å². The van der Waals surface area contributed by atoms with Crippen LogP contribution >= 0.6 is 11.6 Å². The number of carbonyl (C=O) groups is 1. The van der Waals surface area contributed by atoms with Crippen molar-refractivity contribution in [2.75, 3.05) is 5.32 Å². The lowest BCUT2D eigenvalue weighted by Crippen LogP contribution is -2.28. The van der Waals surface area contributed by atoms with E-state index < -0.39 is 5.60 Å². The number of halogens is 1. The molecule has 4 heteroatoms. The van der Waals surface area contributed by atoms with Crippen molar-refractivity contribution in [1.29, 1.82) is 0 Å². The van der Waals surface area contributed by atoms with Crippen LogP contribution < -0.4 is 5.32 Å². The van der Waals surface area contributed by atoms with Crippen LogP contribution in [0.15, 0.2) is 60.2 Å². The first kappa shape index (κ1) is 18.5. The SMILES string of the molecule is CC(C=CC=CC(=O)Nc1ccc(Cl)cc1)=CC1(O)CCCCC1. The lowest BCUT2D eigenvalue weighted by Gasteiger charge is -2.29. The summed E-state index contributed by atoms with van der Waals surface area (Å²) in [5.41, 5.74) is 1.04. The minimum Gasteiger partial charge on any atom is -0.386 e. The van der Waals surface area contributed by atoms with Crippen molar-refractivity contribution >= 4 is 23.2 Å². The quantitative estimate of drug-likeness (QED) is 0.580. The molecule has 0 aliphatic heterocycles. The van der Waals surface area contributed by atoms with E-state index >= 15 is 0 Å². The number of hydrogen-bond donors (Lipinski definition) is 2. The lowest BCUT2D eigenvalue weighted by molar-refractivity contribution is -0.111. The van der Waals surface area contributed by atoms with E-state index in [9.17, 15) is 9.90 Å². The first-order chi connectivity index (χ1) is 11.5. The van der Waals surface area contributed by atoms with Crippen LogP contribution in [0.4, 0.5) is 5.69 Å². The van der Waals surface area contributed by atoms with Gasteiger partial charge in [-0.2, -0.15) is 0 Å². The van der Waals surface area contributed by atoms with Crippen molar-refractivity contribution in [2.24, 2.45) is 0 Å². The molecule has 0 atom stereocenters. The van der Waals surface area contributed by atoms with Gasteiger partial charge in [0.25, 0.3) is 0 Å². The number of aliphatic hydroxyl groups is 1. The minimum absolute atomic E-state index is 0.200. The zero-order valence-electron chi connectivity index (χ0n) is 14.0. The van der Waals surface area contributed by atoms with Crippen molar-refractivity contribution in [3.05, 3.63) is 65.2 Å². The van der Waals surface area contributed by atoms with Crippen LogP contribution in [0.5, 0.6) is 0 Å². The summed E-state index contributed by atoms with van der Waals surface area (Å²) in [6, 6.07) is 6.96. The third kappa shape index (κ3) is 6.34. The normalized spacial score (nSPS) is 18.2. The molecular formula is C20H24ClNO2. The molecule has 0 heterocycles. The average molecular weight is 346 g/mol. The van der Waals surface area contributed by atoms with E-state index in [1.807, 2.05) is 19.1 Å². The molecule has 0 saturated heterocycles. The Morgan fingerprint density at radius 3 is 2.42 bits per heavy atom. The summed E-state index contributed by atoms with van der Waals surface area (Å²) in [7, 11) is 0. The van der Waals surface area contributed by atoms with Crippen LogP contribution in [0.2, 0.25) is 5.02 Å². The summed E-state index contributed by atoms with van der Waals surface area (Å²) in [5.74, 6) is -0.200. The Morgan fingerprint density at radius 2 is 1.75 bits per heavy atom. The molecule has 128 valence electrons. The van der Waals surface area contributed by atoms with Gasteiger partial charge in [-0.15, -0.1) is 0 Å². The first-order valence-electron chi connectivity index (χ1n) is 8.30. The second-order valence-electron chi connectivity index (χ2n) is 6.27. The second-order valence-corrected chi connectivity index (χ2v) is 6.70. The number of hydrogen-bond acceptors (Lipinski definition) is 2. The van der Waals surface area contributed by atoms with Crippen molar-refractivity contribution in [3.8, 4) is 0 Å². The highest BCUT2D eigenvalue weighted by molar-refractivity contribution is 6.30. The van der Waals surface area contributed by atoms with E-state index in [-0.39, 0.29) is 5.91 Å². The summed E-state index contributed by atoms with van der Waals surface area (Å²) >= 11 is 5.80. The van der Waals surface area contributed by atoms with Crippen LogP contribution in [0.3, 0.4) is 0 Å². The number of nitrogens with one attached hydrogen (secondary N) is 1. The fourth-order valence-corrected chi connectivity index (χ4v) is 2.97. The van der Waals surface area contributed by atoms with E-state index in [0.29, 0.717) is 10.7 Å². The summed E-state index contributed by atoms with van der Waals surface area (Å²) in [6.07, 6.45) is 13.8. The van der Waals surface area contributed by atoms with Crippen LogP contribution in [0.1, 0.15) is 39.0 Å². The van der Waals surface area contributed by atoms with Crippen molar-refractivity contribution < 1.29 is 9.90 Å². The van der Waals surface area contributed by atoms with Gasteiger partial charge < -0.3 is 10.4 Å². The van der Waals surface area contributed by atoms with Gasteiger partial charge in [0.2, 0.25) is 5.91 Å². The Morgan fingerprint density at radius 1 is 1.12 bits per heavy atom. The third-order valence-electron chi connectivity index (χ3n) is 4.05. The maximum absolute atomic E-state index is 11.8. The van der Waals surface area contributed by atoms with Crippen LogP contribution in [0.25, 0.3) is 0 Å². The van der Waals surface area contributed by atoms with Crippen molar-refractivity contribution in [1.82, 2.24) is 0 Å². The second kappa shape index (κ2) is 8.86. The van der Waals surface area contributed by atoms with Crippen LogP contribution in [-0.2, 0) is 4.79 Å². The molecule has 24 heavy (non-hydrogen) atoms. The minimum atomic E-state index is -0.664. The largest absolute Gasteiger partial charge is 0.386 e. The number of rotatable bonds is 5. The highest BCUT2D eigenvalue weighted by Gasteiger charge is 2.26. The van der Waals surface area contributed by atoms with Crippen molar-refractivity contribution in [2.45, 2.75) is 44.6 Å². The molecule has 2 rings (SSSR count). The number of carbonyl (C=O) groups excluding carboxylic acids is 1. The van der Waals surface area contributed by atoms with E-state index in [4.69, 9.17) is 11.6 Å². The molecule has 3 nitrogen and oxygen atoms in total. The number of amides is 1. The van der Waals surface area contributed by atoms with Gasteiger partial charge >= 0.3 is 0 Å². The fourth-order valence-electron chi connectivity index (χ4n) is 2.85. The molecule has 1 aliphatic carbocycles. The zero-order chi connectivity index (χ0) is 17.4. The Balaban J connectivity index is 1.84. The molecule has 2 N–H and O–H groups in total. The van der Waals surface area contributed by atoms with E-state index in [1.165, 1.54) is 12.5 Å². The molecule has 0 bridgehead atoms. The maximum atomic E-state index is 11.8. The molecule has 0 unspecified atom stereocenters. The maximum Gasteiger partial charge on any atom is 0.248 e. The Labute approximate surface area is 148 Å². The summed E-state index contributed by atoms with van der Waals surface area (Å²) in [5, 5.41) is 13.9. The van der Waals surface area contributed by atoms with Gasteiger partial charge in [-0.25, -0.2) is 0 Å². The van der Waals surface area contributed by atoms with Gasteiger partial charge in [0, 0.05) is 16.8 Å². The molecule has 0 spiro atoms. The Kier molecular flexibility index (Phi) is 6.83. The average Bonchev–Trinajstić information content (AvgIpc) is 2.54.